The molecule has 18 heavy (non-hydrogen) atoms. The Morgan fingerprint density at radius 3 is 2.78 bits per heavy atom. The summed E-state index contributed by atoms with van der Waals surface area (Å²) in [7, 11) is 1.95. The first-order valence-electron chi connectivity index (χ1n) is 6.57. The molecule has 0 aliphatic rings. The molecule has 1 N–H and O–H groups in total. The molecule has 2 rings (SSSR count). The Balaban J connectivity index is 2.29. The van der Waals surface area contributed by atoms with Gasteiger partial charge in [0.05, 0.1) is 5.69 Å². The summed E-state index contributed by atoms with van der Waals surface area (Å²) in [5.74, 6) is 1.97. The van der Waals surface area contributed by atoms with Gasteiger partial charge in [0.15, 0.2) is 0 Å². The molecule has 2 heterocycles. The minimum atomic E-state index is 0.0688. The standard InChI is InChI=1S/C14H21N3O/c1-4-10-17-12(8-9-16-17)14(15-3)13-7-6-11(5-2)18-13/h6-9,14-15H,4-5,10H2,1-3H3. The van der Waals surface area contributed by atoms with Crippen LogP contribution < -0.4 is 5.32 Å². The number of hydrogen-bond acceptors (Lipinski definition) is 3. The van der Waals surface area contributed by atoms with Gasteiger partial charge in [0, 0.05) is 19.2 Å². The van der Waals surface area contributed by atoms with Crippen LogP contribution in [-0.2, 0) is 13.0 Å². The SMILES string of the molecule is CCCn1nccc1C(NC)c1ccc(CC)o1. The van der Waals surface area contributed by atoms with Gasteiger partial charge in [-0.25, -0.2) is 0 Å². The third-order valence-electron chi connectivity index (χ3n) is 3.08. The lowest BCUT2D eigenvalue weighted by atomic mass is 10.1. The molecule has 98 valence electrons. The lowest BCUT2D eigenvalue weighted by molar-refractivity contribution is 0.417. The third kappa shape index (κ3) is 2.48. The predicted molar refractivity (Wildman–Crippen MR) is 71.5 cm³/mol. The molecule has 0 saturated heterocycles. The molecule has 0 fully saturated rings. The summed E-state index contributed by atoms with van der Waals surface area (Å²) in [4.78, 5) is 0. The molecule has 0 saturated carbocycles. The zero-order chi connectivity index (χ0) is 13.0. The molecule has 0 aliphatic heterocycles. The Morgan fingerprint density at radius 2 is 2.17 bits per heavy atom. The molecule has 4 nitrogen and oxygen atoms in total. The number of aryl methyl sites for hydroxylation is 2. The minimum Gasteiger partial charge on any atom is -0.464 e. The number of aromatic nitrogens is 2. The maximum absolute atomic E-state index is 5.84. The quantitative estimate of drug-likeness (QED) is 0.853. The van der Waals surface area contributed by atoms with Gasteiger partial charge in [-0.05, 0) is 31.7 Å². The average Bonchev–Trinajstić information content (AvgIpc) is 3.01. The van der Waals surface area contributed by atoms with E-state index in [0.717, 1.165) is 36.6 Å². The van der Waals surface area contributed by atoms with Crippen molar-refractivity contribution in [3.8, 4) is 0 Å². The highest BCUT2D eigenvalue weighted by Gasteiger charge is 2.19. The number of furan rings is 1. The molecular weight excluding hydrogens is 226 g/mol. The van der Waals surface area contributed by atoms with Crippen molar-refractivity contribution in [1.29, 1.82) is 0 Å². The Morgan fingerprint density at radius 1 is 1.33 bits per heavy atom. The van der Waals surface area contributed by atoms with Gasteiger partial charge in [0.1, 0.15) is 17.6 Å². The molecule has 0 amide bonds. The Labute approximate surface area is 108 Å². The first-order valence-corrected chi connectivity index (χ1v) is 6.57. The molecule has 2 aromatic rings. The fraction of sp³-hybridized carbons (Fsp3) is 0.500. The molecule has 1 atom stereocenters. The smallest absolute Gasteiger partial charge is 0.127 e. The van der Waals surface area contributed by atoms with E-state index < -0.39 is 0 Å². The van der Waals surface area contributed by atoms with Crippen LogP contribution in [0.2, 0.25) is 0 Å². The van der Waals surface area contributed by atoms with Crippen molar-refractivity contribution in [2.24, 2.45) is 0 Å². The second-order valence-electron chi connectivity index (χ2n) is 4.36. The second kappa shape index (κ2) is 5.87. The van der Waals surface area contributed by atoms with E-state index in [1.165, 1.54) is 0 Å². The van der Waals surface area contributed by atoms with Crippen molar-refractivity contribution in [1.82, 2.24) is 15.1 Å². The van der Waals surface area contributed by atoms with Gasteiger partial charge in [0.25, 0.3) is 0 Å². The molecular formula is C14H21N3O. The van der Waals surface area contributed by atoms with Gasteiger partial charge in [-0.15, -0.1) is 0 Å². The molecule has 0 radical (unpaired) electrons. The summed E-state index contributed by atoms with van der Waals surface area (Å²) >= 11 is 0. The van der Waals surface area contributed by atoms with E-state index in [4.69, 9.17) is 4.42 Å². The van der Waals surface area contributed by atoms with Crippen LogP contribution in [0.1, 0.15) is 43.5 Å². The zero-order valence-corrected chi connectivity index (χ0v) is 11.3. The van der Waals surface area contributed by atoms with Gasteiger partial charge in [-0.3, -0.25) is 4.68 Å². The van der Waals surface area contributed by atoms with Crippen molar-refractivity contribution >= 4 is 0 Å². The van der Waals surface area contributed by atoms with Gasteiger partial charge in [-0.1, -0.05) is 13.8 Å². The largest absolute Gasteiger partial charge is 0.464 e. The van der Waals surface area contributed by atoms with E-state index in [2.05, 4.69) is 24.3 Å². The fourth-order valence-electron chi connectivity index (χ4n) is 2.16. The highest BCUT2D eigenvalue weighted by molar-refractivity contribution is 5.21. The van der Waals surface area contributed by atoms with Crippen molar-refractivity contribution in [2.45, 2.75) is 39.3 Å². The van der Waals surface area contributed by atoms with Crippen LogP contribution >= 0.6 is 0 Å². The summed E-state index contributed by atoms with van der Waals surface area (Å²) in [5, 5.41) is 7.66. The van der Waals surface area contributed by atoms with Crippen LogP contribution in [-0.4, -0.2) is 16.8 Å². The summed E-state index contributed by atoms with van der Waals surface area (Å²) < 4.78 is 7.88. The zero-order valence-electron chi connectivity index (χ0n) is 11.3. The molecule has 0 bridgehead atoms. The number of hydrogen-bond donors (Lipinski definition) is 1. The van der Waals surface area contributed by atoms with Crippen LogP contribution in [0.3, 0.4) is 0 Å². The molecule has 0 spiro atoms. The monoisotopic (exact) mass is 247 g/mol. The van der Waals surface area contributed by atoms with Crippen LogP contribution in [0, 0.1) is 0 Å². The predicted octanol–water partition coefficient (Wildman–Crippen LogP) is 2.76. The highest BCUT2D eigenvalue weighted by atomic mass is 16.3. The second-order valence-corrected chi connectivity index (χ2v) is 4.36. The highest BCUT2D eigenvalue weighted by Crippen LogP contribution is 2.23. The number of rotatable bonds is 6. The Hall–Kier alpha value is -1.55. The molecule has 2 aromatic heterocycles. The molecule has 0 aliphatic carbocycles. The van der Waals surface area contributed by atoms with Gasteiger partial charge < -0.3 is 9.73 Å². The maximum Gasteiger partial charge on any atom is 0.127 e. The van der Waals surface area contributed by atoms with E-state index in [0.29, 0.717) is 0 Å². The van der Waals surface area contributed by atoms with Gasteiger partial charge in [-0.2, -0.15) is 5.10 Å². The van der Waals surface area contributed by atoms with Crippen LogP contribution in [0.5, 0.6) is 0 Å². The van der Waals surface area contributed by atoms with E-state index in [9.17, 15) is 0 Å². The van der Waals surface area contributed by atoms with Crippen molar-refractivity contribution in [3.63, 3.8) is 0 Å². The summed E-state index contributed by atoms with van der Waals surface area (Å²) in [6, 6.07) is 6.20. The van der Waals surface area contributed by atoms with Crippen molar-refractivity contribution in [3.05, 3.63) is 41.6 Å². The fourth-order valence-corrected chi connectivity index (χ4v) is 2.16. The third-order valence-corrected chi connectivity index (χ3v) is 3.08. The Bertz CT molecular complexity index is 487. The summed E-state index contributed by atoms with van der Waals surface area (Å²) in [5.41, 5.74) is 1.15. The lowest BCUT2D eigenvalue weighted by Gasteiger charge is -2.15. The van der Waals surface area contributed by atoms with Gasteiger partial charge in [0.2, 0.25) is 0 Å². The first-order chi connectivity index (χ1) is 8.80. The summed E-state index contributed by atoms with van der Waals surface area (Å²) in [6.07, 6.45) is 3.84. The van der Waals surface area contributed by atoms with E-state index in [-0.39, 0.29) is 6.04 Å². The summed E-state index contributed by atoms with van der Waals surface area (Å²) in [6.45, 7) is 5.18. The number of nitrogens with one attached hydrogen (secondary N) is 1. The average molecular weight is 247 g/mol. The molecule has 0 aromatic carbocycles. The number of nitrogens with zero attached hydrogens (tertiary/aromatic N) is 2. The maximum atomic E-state index is 5.84. The molecule has 4 heteroatoms. The van der Waals surface area contributed by atoms with E-state index >= 15 is 0 Å². The van der Waals surface area contributed by atoms with E-state index in [1.807, 2.05) is 36.1 Å². The first kappa shape index (κ1) is 12.9. The normalized spacial score (nSPS) is 12.8. The van der Waals surface area contributed by atoms with E-state index in [1.54, 1.807) is 0 Å². The lowest BCUT2D eigenvalue weighted by Crippen LogP contribution is -2.21. The Kier molecular flexibility index (Phi) is 4.20. The van der Waals surface area contributed by atoms with Crippen molar-refractivity contribution in [2.75, 3.05) is 7.05 Å². The van der Waals surface area contributed by atoms with Crippen LogP contribution in [0.15, 0.2) is 28.8 Å². The van der Waals surface area contributed by atoms with Crippen molar-refractivity contribution < 1.29 is 4.42 Å². The topological polar surface area (TPSA) is 43.0 Å². The van der Waals surface area contributed by atoms with Gasteiger partial charge >= 0.3 is 0 Å². The van der Waals surface area contributed by atoms with Crippen LogP contribution in [0.25, 0.3) is 0 Å². The van der Waals surface area contributed by atoms with Crippen LogP contribution in [0.4, 0.5) is 0 Å². The minimum absolute atomic E-state index is 0.0688. The molecule has 1 unspecified atom stereocenters.